The third kappa shape index (κ3) is 4.00. The number of carbonyl (C=O) groups excluding carboxylic acids is 1. The minimum absolute atomic E-state index is 0.169. The molecule has 138 valence electrons. The number of nitrogens with zero attached hydrogens (tertiary/aromatic N) is 1. The third-order valence-electron chi connectivity index (χ3n) is 4.35. The third-order valence-corrected chi connectivity index (χ3v) is 5.48. The van der Waals surface area contributed by atoms with Crippen LogP contribution >= 0.6 is 11.3 Å². The van der Waals surface area contributed by atoms with E-state index in [1.807, 2.05) is 54.6 Å². The van der Waals surface area contributed by atoms with Crippen molar-refractivity contribution in [2.75, 3.05) is 0 Å². The summed E-state index contributed by atoms with van der Waals surface area (Å²) in [6.45, 7) is 0. The molecule has 2 aromatic heterocycles. The Kier molecular flexibility index (Phi) is 5.26. The smallest absolute Gasteiger partial charge is 0.262 e. The number of hydrogen-bond donors (Lipinski definition) is 1. The zero-order valence-corrected chi connectivity index (χ0v) is 15.7. The minimum atomic E-state index is -0.341. The average molecular weight is 388 g/mol. The number of benzene rings is 2. The normalized spacial score (nSPS) is 11.8. The van der Waals surface area contributed by atoms with E-state index in [-0.39, 0.29) is 17.8 Å². The zero-order valence-electron chi connectivity index (χ0n) is 14.9. The Morgan fingerprint density at radius 2 is 1.64 bits per heavy atom. The first-order valence-electron chi connectivity index (χ1n) is 8.83. The highest BCUT2D eigenvalue weighted by atomic mass is 32.1. The summed E-state index contributed by atoms with van der Waals surface area (Å²) in [5.41, 5.74) is 2.62. The van der Waals surface area contributed by atoms with Crippen LogP contribution in [0.3, 0.4) is 0 Å². The monoisotopic (exact) mass is 388 g/mol. The molecule has 4 rings (SSSR count). The van der Waals surface area contributed by atoms with E-state index in [2.05, 4.69) is 10.3 Å². The topological polar surface area (TPSA) is 42.0 Å². The van der Waals surface area contributed by atoms with E-state index in [0.29, 0.717) is 4.88 Å². The largest absolute Gasteiger partial charge is 0.339 e. The van der Waals surface area contributed by atoms with Gasteiger partial charge in [-0.2, -0.15) is 0 Å². The molecule has 0 aliphatic carbocycles. The average Bonchev–Trinajstić information content (AvgIpc) is 3.24. The summed E-state index contributed by atoms with van der Waals surface area (Å²) in [7, 11) is 0. The lowest BCUT2D eigenvalue weighted by atomic mass is 10.0. The first-order valence-corrected chi connectivity index (χ1v) is 9.65. The van der Waals surface area contributed by atoms with E-state index < -0.39 is 0 Å². The molecule has 0 aliphatic heterocycles. The minimum Gasteiger partial charge on any atom is -0.339 e. The fourth-order valence-electron chi connectivity index (χ4n) is 2.95. The van der Waals surface area contributed by atoms with Crippen molar-refractivity contribution in [1.82, 2.24) is 10.3 Å². The van der Waals surface area contributed by atoms with Crippen LogP contribution in [0.15, 0.2) is 91.1 Å². The first-order chi connectivity index (χ1) is 13.7. The van der Waals surface area contributed by atoms with Gasteiger partial charge in [-0.1, -0.05) is 48.5 Å². The number of pyridine rings is 1. The molecule has 1 atom stereocenters. The molecule has 0 bridgehead atoms. The summed E-state index contributed by atoms with van der Waals surface area (Å²) in [6.07, 6.45) is 1.72. The van der Waals surface area contributed by atoms with Crippen LogP contribution in [0.1, 0.15) is 27.0 Å². The second kappa shape index (κ2) is 8.15. The van der Waals surface area contributed by atoms with Crippen LogP contribution in [-0.4, -0.2) is 10.9 Å². The maximum atomic E-state index is 13.1. The van der Waals surface area contributed by atoms with Gasteiger partial charge in [-0.15, -0.1) is 11.3 Å². The van der Waals surface area contributed by atoms with Gasteiger partial charge in [0.15, 0.2) is 0 Å². The molecule has 0 radical (unpaired) electrons. The maximum Gasteiger partial charge on any atom is 0.262 e. The van der Waals surface area contributed by atoms with Crippen LogP contribution in [0, 0.1) is 5.82 Å². The summed E-state index contributed by atoms with van der Waals surface area (Å²) in [5, 5.41) is 3.09. The molecule has 0 spiro atoms. The van der Waals surface area contributed by atoms with E-state index in [1.54, 1.807) is 24.4 Å². The van der Waals surface area contributed by atoms with Crippen LogP contribution < -0.4 is 5.32 Å². The van der Waals surface area contributed by atoms with Gasteiger partial charge in [0.05, 0.1) is 16.6 Å². The summed E-state index contributed by atoms with van der Waals surface area (Å²) >= 11 is 1.38. The van der Waals surface area contributed by atoms with Crippen molar-refractivity contribution in [1.29, 1.82) is 0 Å². The predicted molar refractivity (Wildman–Crippen MR) is 110 cm³/mol. The lowest BCUT2D eigenvalue weighted by Gasteiger charge is -2.18. The molecule has 5 heteroatoms. The number of nitrogens with one attached hydrogen (secondary N) is 1. The lowest BCUT2D eigenvalue weighted by molar-refractivity contribution is 0.0946. The van der Waals surface area contributed by atoms with Crippen molar-refractivity contribution < 1.29 is 9.18 Å². The molecule has 28 heavy (non-hydrogen) atoms. The highest BCUT2D eigenvalue weighted by molar-refractivity contribution is 7.17. The molecule has 0 saturated heterocycles. The Bertz CT molecular complexity index is 1020. The van der Waals surface area contributed by atoms with Crippen molar-refractivity contribution in [3.63, 3.8) is 0 Å². The van der Waals surface area contributed by atoms with Crippen LogP contribution in [0.2, 0.25) is 0 Å². The molecule has 3 nitrogen and oxygen atoms in total. The second-order valence-electron chi connectivity index (χ2n) is 6.24. The fraction of sp³-hybridized carbons (Fsp3) is 0.0435. The zero-order chi connectivity index (χ0) is 19.3. The number of thiophene rings is 1. The fourth-order valence-corrected chi connectivity index (χ4v) is 3.87. The Morgan fingerprint density at radius 3 is 2.36 bits per heavy atom. The van der Waals surface area contributed by atoms with Gasteiger partial charge in [-0.25, -0.2) is 4.39 Å². The van der Waals surface area contributed by atoms with Crippen LogP contribution in [0.4, 0.5) is 4.39 Å². The maximum absolute atomic E-state index is 13.1. The summed E-state index contributed by atoms with van der Waals surface area (Å²) in [6, 6.07) is 25.0. The summed E-state index contributed by atoms with van der Waals surface area (Å²) in [4.78, 5) is 18.8. The number of halogens is 1. The molecule has 2 aromatic carbocycles. The summed E-state index contributed by atoms with van der Waals surface area (Å²) in [5.74, 6) is -0.447. The number of rotatable bonds is 5. The highest BCUT2D eigenvalue weighted by Gasteiger charge is 2.20. The first kappa shape index (κ1) is 18.1. The molecule has 2 heterocycles. The molecule has 0 saturated carbocycles. The van der Waals surface area contributed by atoms with Gasteiger partial charge in [0, 0.05) is 11.1 Å². The predicted octanol–water partition coefficient (Wildman–Crippen LogP) is 5.47. The Morgan fingerprint density at radius 1 is 0.893 bits per heavy atom. The number of hydrogen-bond acceptors (Lipinski definition) is 3. The number of aromatic nitrogens is 1. The molecule has 1 unspecified atom stereocenters. The Hall–Kier alpha value is -3.31. The lowest BCUT2D eigenvalue weighted by Crippen LogP contribution is -2.29. The molecule has 0 fully saturated rings. The van der Waals surface area contributed by atoms with Crippen molar-refractivity contribution in [2.45, 2.75) is 6.04 Å². The van der Waals surface area contributed by atoms with E-state index in [9.17, 15) is 9.18 Å². The number of amides is 1. The quantitative estimate of drug-likeness (QED) is 0.493. The van der Waals surface area contributed by atoms with Gasteiger partial charge in [-0.05, 0) is 47.5 Å². The standard InChI is InChI=1S/C23H17FN2OS/c24-18-11-9-16(10-12-18)20-13-14-21(28-20)23(27)26-22(17-6-2-1-3-7-17)19-8-4-5-15-25-19/h1-15,22H,(H,26,27). The van der Waals surface area contributed by atoms with Gasteiger partial charge < -0.3 is 5.32 Å². The van der Waals surface area contributed by atoms with Gasteiger partial charge in [0.25, 0.3) is 5.91 Å². The Balaban J connectivity index is 1.59. The number of carbonyl (C=O) groups is 1. The van der Waals surface area contributed by atoms with Crippen LogP contribution in [-0.2, 0) is 0 Å². The van der Waals surface area contributed by atoms with Crippen molar-refractivity contribution >= 4 is 17.2 Å². The van der Waals surface area contributed by atoms with Gasteiger partial charge >= 0.3 is 0 Å². The van der Waals surface area contributed by atoms with E-state index in [0.717, 1.165) is 21.7 Å². The van der Waals surface area contributed by atoms with Gasteiger partial charge in [-0.3, -0.25) is 9.78 Å². The van der Waals surface area contributed by atoms with Crippen LogP contribution in [0.25, 0.3) is 10.4 Å². The molecular formula is C23H17FN2OS. The molecular weight excluding hydrogens is 371 g/mol. The van der Waals surface area contributed by atoms with Crippen LogP contribution in [0.5, 0.6) is 0 Å². The molecule has 4 aromatic rings. The second-order valence-corrected chi connectivity index (χ2v) is 7.33. The molecule has 1 amide bonds. The molecule has 1 N–H and O–H groups in total. The van der Waals surface area contributed by atoms with Crippen molar-refractivity contribution in [3.8, 4) is 10.4 Å². The van der Waals surface area contributed by atoms with Crippen molar-refractivity contribution in [2.24, 2.45) is 0 Å². The molecule has 0 aliphatic rings. The van der Waals surface area contributed by atoms with E-state index in [4.69, 9.17) is 0 Å². The summed E-state index contributed by atoms with van der Waals surface area (Å²) < 4.78 is 13.1. The Labute approximate surface area is 166 Å². The SMILES string of the molecule is O=C(NC(c1ccccc1)c1ccccn1)c1ccc(-c2ccc(F)cc2)s1. The van der Waals surface area contributed by atoms with Gasteiger partial charge in [0.1, 0.15) is 5.82 Å². The van der Waals surface area contributed by atoms with Crippen molar-refractivity contribution in [3.05, 3.63) is 113 Å². The van der Waals surface area contributed by atoms with E-state index in [1.165, 1.54) is 23.5 Å². The van der Waals surface area contributed by atoms with E-state index >= 15 is 0 Å². The highest BCUT2D eigenvalue weighted by Crippen LogP contribution is 2.29. The van der Waals surface area contributed by atoms with Gasteiger partial charge in [0.2, 0.25) is 0 Å².